The summed E-state index contributed by atoms with van der Waals surface area (Å²) < 4.78 is 32.9. The largest absolute Gasteiger partial charge is 0.386 e. The van der Waals surface area contributed by atoms with Gasteiger partial charge < -0.3 is 9.84 Å². The van der Waals surface area contributed by atoms with Crippen LogP contribution < -0.4 is 4.72 Å². The van der Waals surface area contributed by atoms with Gasteiger partial charge in [-0.1, -0.05) is 0 Å². The first-order chi connectivity index (χ1) is 8.35. The topological polar surface area (TPSA) is 93.4 Å². The summed E-state index contributed by atoms with van der Waals surface area (Å²) in [6, 6.07) is 1.40. The van der Waals surface area contributed by atoms with Gasteiger partial charge in [-0.15, -0.1) is 0 Å². The minimum atomic E-state index is -3.66. The second-order valence-electron chi connectivity index (χ2n) is 4.48. The zero-order chi connectivity index (χ0) is 13.4. The zero-order valence-corrected chi connectivity index (χ0v) is 11.1. The van der Waals surface area contributed by atoms with Crippen LogP contribution in [0.25, 0.3) is 0 Å². The van der Waals surface area contributed by atoms with Gasteiger partial charge in [-0.3, -0.25) is 4.68 Å². The van der Waals surface area contributed by atoms with E-state index < -0.39 is 15.6 Å². The summed E-state index contributed by atoms with van der Waals surface area (Å²) >= 11 is 0. The van der Waals surface area contributed by atoms with Crippen LogP contribution in [0.1, 0.15) is 13.3 Å². The molecule has 2 rings (SSSR count). The first-order valence-corrected chi connectivity index (χ1v) is 7.15. The van der Waals surface area contributed by atoms with E-state index in [9.17, 15) is 13.5 Å². The van der Waals surface area contributed by atoms with Gasteiger partial charge in [0.2, 0.25) is 0 Å². The lowest BCUT2D eigenvalue weighted by molar-refractivity contribution is -0.0228. The van der Waals surface area contributed by atoms with E-state index in [0.717, 1.165) is 0 Å². The molecule has 1 aliphatic rings. The molecule has 1 aromatic rings. The molecule has 7 nitrogen and oxygen atoms in total. The van der Waals surface area contributed by atoms with E-state index in [2.05, 4.69) is 9.82 Å². The van der Waals surface area contributed by atoms with Gasteiger partial charge >= 0.3 is 0 Å². The number of nitrogens with one attached hydrogen (secondary N) is 1. The second kappa shape index (κ2) is 4.61. The molecule has 8 heteroatoms. The highest BCUT2D eigenvalue weighted by Crippen LogP contribution is 2.25. The third kappa shape index (κ3) is 2.41. The standard InChI is InChI=1S/C10H17N3O4S/c1-8-10(14,4-6-17-8)7-12-18(15,16)9-3-5-11-13(9)2/h3,5,8,12,14H,4,6-7H2,1-2H3. The molecule has 0 aromatic carbocycles. The summed E-state index contributed by atoms with van der Waals surface area (Å²) in [7, 11) is -2.12. The number of sulfonamides is 1. The van der Waals surface area contributed by atoms with Crippen molar-refractivity contribution >= 4 is 10.0 Å². The molecule has 2 atom stereocenters. The maximum absolute atomic E-state index is 12.0. The third-order valence-electron chi connectivity index (χ3n) is 3.28. The Morgan fingerprint density at radius 1 is 1.72 bits per heavy atom. The Bertz CT molecular complexity index is 527. The molecule has 0 spiro atoms. The maximum atomic E-state index is 12.0. The van der Waals surface area contributed by atoms with E-state index in [1.54, 1.807) is 14.0 Å². The molecule has 0 aliphatic carbocycles. The molecule has 2 unspecified atom stereocenters. The van der Waals surface area contributed by atoms with Gasteiger partial charge in [0.15, 0.2) is 5.03 Å². The van der Waals surface area contributed by atoms with Crippen LogP contribution in [-0.4, -0.2) is 48.2 Å². The molecular formula is C10H17N3O4S. The van der Waals surface area contributed by atoms with Gasteiger partial charge in [-0.2, -0.15) is 5.10 Å². The zero-order valence-electron chi connectivity index (χ0n) is 10.3. The van der Waals surface area contributed by atoms with Crippen molar-refractivity contribution in [2.45, 2.75) is 30.1 Å². The van der Waals surface area contributed by atoms with Crippen molar-refractivity contribution < 1.29 is 18.3 Å². The highest BCUT2D eigenvalue weighted by atomic mass is 32.2. The molecule has 0 radical (unpaired) electrons. The van der Waals surface area contributed by atoms with Gasteiger partial charge in [-0.05, 0) is 13.0 Å². The molecule has 18 heavy (non-hydrogen) atoms. The Kier molecular flexibility index (Phi) is 3.45. The fourth-order valence-corrected chi connectivity index (χ4v) is 3.15. The molecule has 1 aliphatic heterocycles. The molecular weight excluding hydrogens is 258 g/mol. The SMILES string of the molecule is CC1OCCC1(O)CNS(=O)(=O)c1ccnn1C. The van der Waals surface area contributed by atoms with E-state index in [-0.39, 0.29) is 17.7 Å². The predicted molar refractivity (Wildman–Crippen MR) is 63.4 cm³/mol. The maximum Gasteiger partial charge on any atom is 0.257 e. The minimum absolute atomic E-state index is 0.0673. The average Bonchev–Trinajstić information content (AvgIpc) is 2.85. The van der Waals surface area contributed by atoms with Crippen LogP contribution >= 0.6 is 0 Å². The number of hydrogen-bond donors (Lipinski definition) is 2. The monoisotopic (exact) mass is 275 g/mol. The van der Waals surface area contributed by atoms with Crippen LogP contribution in [-0.2, 0) is 21.8 Å². The van der Waals surface area contributed by atoms with Crippen LogP contribution in [0.3, 0.4) is 0 Å². The lowest BCUT2D eigenvalue weighted by Gasteiger charge is -2.25. The Morgan fingerprint density at radius 3 is 2.94 bits per heavy atom. The number of aliphatic hydroxyl groups is 1. The molecule has 0 bridgehead atoms. The van der Waals surface area contributed by atoms with Crippen LogP contribution in [0.5, 0.6) is 0 Å². The molecule has 1 saturated heterocycles. The number of hydrogen-bond acceptors (Lipinski definition) is 5. The number of rotatable bonds is 4. The lowest BCUT2D eigenvalue weighted by atomic mass is 9.97. The summed E-state index contributed by atoms with van der Waals surface area (Å²) in [5, 5.41) is 14.1. The number of ether oxygens (including phenoxy) is 1. The summed E-state index contributed by atoms with van der Waals surface area (Å²) in [5.41, 5.74) is -1.15. The quantitative estimate of drug-likeness (QED) is 0.753. The molecule has 0 saturated carbocycles. The fourth-order valence-electron chi connectivity index (χ4n) is 1.92. The van der Waals surface area contributed by atoms with Gasteiger partial charge in [-0.25, -0.2) is 13.1 Å². The van der Waals surface area contributed by atoms with Crippen LogP contribution in [0.4, 0.5) is 0 Å². The summed E-state index contributed by atoms with van der Waals surface area (Å²) in [5.74, 6) is 0. The van der Waals surface area contributed by atoms with Crippen molar-refractivity contribution in [2.24, 2.45) is 7.05 Å². The van der Waals surface area contributed by atoms with Gasteiger partial charge in [0.1, 0.15) is 5.60 Å². The van der Waals surface area contributed by atoms with Crippen molar-refractivity contribution in [1.29, 1.82) is 0 Å². The molecule has 0 amide bonds. The molecule has 2 N–H and O–H groups in total. The third-order valence-corrected chi connectivity index (χ3v) is 4.75. The molecule has 1 fully saturated rings. The van der Waals surface area contributed by atoms with E-state index in [4.69, 9.17) is 4.74 Å². The van der Waals surface area contributed by atoms with Gasteiger partial charge in [0.25, 0.3) is 10.0 Å². The predicted octanol–water partition coefficient (Wildman–Crippen LogP) is -0.762. The Balaban J connectivity index is 2.09. The highest BCUT2D eigenvalue weighted by Gasteiger charge is 2.40. The second-order valence-corrected chi connectivity index (χ2v) is 6.20. The van der Waals surface area contributed by atoms with Crippen LogP contribution in [0.15, 0.2) is 17.3 Å². The smallest absolute Gasteiger partial charge is 0.257 e. The van der Waals surface area contributed by atoms with Crippen molar-refractivity contribution in [3.8, 4) is 0 Å². The number of aromatic nitrogens is 2. The van der Waals surface area contributed by atoms with E-state index in [1.165, 1.54) is 16.9 Å². The van der Waals surface area contributed by atoms with Gasteiger partial charge in [0.05, 0.1) is 12.3 Å². The van der Waals surface area contributed by atoms with E-state index in [1.807, 2.05) is 0 Å². The van der Waals surface area contributed by atoms with Crippen molar-refractivity contribution in [1.82, 2.24) is 14.5 Å². The summed E-state index contributed by atoms with van der Waals surface area (Å²) in [4.78, 5) is 0. The summed E-state index contributed by atoms with van der Waals surface area (Å²) in [6.45, 7) is 2.10. The normalized spacial score (nSPS) is 28.7. The molecule has 1 aromatic heterocycles. The average molecular weight is 275 g/mol. The van der Waals surface area contributed by atoms with Crippen molar-refractivity contribution in [3.05, 3.63) is 12.3 Å². The van der Waals surface area contributed by atoms with Crippen molar-refractivity contribution in [3.63, 3.8) is 0 Å². The lowest BCUT2D eigenvalue weighted by Crippen LogP contribution is -2.47. The first-order valence-electron chi connectivity index (χ1n) is 5.67. The van der Waals surface area contributed by atoms with Crippen LogP contribution in [0, 0.1) is 0 Å². The molecule has 102 valence electrons. The Morgan fingerprint density at radius 2 is 2.44 bits per heavy atom. The Labute approximate surface area is 106 Å². The summed E-state index contributed by atoms with van der Waals surface area (Å²) in [6.07, 6.45) is 1.44. The molecule has 2 heterocycles. The van der Waals surface area contributed by atoms with E-state index in [0.29, 0.717) is 13.0 Å². The number of nitrogens with zero attached hydrogens (tertiary/aromatic N) is 2. The van der Waals surface area contributed by atoms with Crippen LogP contribution in [0.2, 0.25) is 0 Å². The van der Waals surface area contributed by atoms with Crippen molar-refractivity contribution in [2.75, 3.05) is 13.2 Å². The minimum Gasteiger partial charge on any atom is -0.386 e. The van der Waals surface area contributed by atoms with E-state index >= 15 is 0 Å². The first kappa shape index (κ1) is 13.5. The van der Waals surface area contributed by atoms with Gasteiger partial charge in [0, 0.05) is 26.6 Å². The Hall–Kier alpha value is -0.960. The fraction of sp³-hybridized carbons (Fsp3) is 0.700. The highest BCUT2D eigenvalue weighted by molar-refractivity contribution is 7.89. The number of aryl methyl sites for hydroxylation is 1.